The first-order valence-electron chi connectivity index (χ1n) is 9.88. The molecule has 0 bridgehead atoms. The molecule has 2 aromatic heterocycles. The summed E-state index contributed by atoms with van der Waals surface area (Å²) in [5, 5.41) is 8.34. The lowest BCUT2D eigenvalue weighted by molar-refractivity contribution is 0.444. The van der Waals surface area contributed by atoms with Crippen LogP contribution in [0.5, 0.6) is 0 Å². The highest BCUT2D eigenvalue weighted by atomic mass is 19.1. The summed E-state index contributed by atoms with van der Waals surface area (Å²) in [7, 11) is 0. The van der Waals surface area contributed by atoms with Gasteiger partial charge in [0.15, 0.2) is 0 Å². The Morgan fingerprint density at radius 2 is 2.15 bits per heavy atom. The van der Waals surface area contributed by atoms with E-state index in [4.69, 9.17) is 5.10 Å². The Balaban J connectivity index is 1.61. The molecule has 1 atom stereocenters. The Hall–Kier alpha value is -2.43. The summed E-state index contributed by atoms with van der Waals surface area (Å²) in [5.74, 6) is 1.43. The molecule has 1 fully saturated rings. The van der Waals surface area contributed by atoms with Gasteiger partial charge in [0.05, 0.1) is 23.6 Å². The SMILES string of the molecule is C=C(/C=C(/c1cc2n(n1)CCCC2Nc1ccc(F)cn1)C(C)C)C1CC1. The van der Waals surface area contributed by atoms with Crippen LogP contribution in [0, 0.1) is 17.7 Å². The summed E-state index contributed by atoms with van der Waals surface area (Å²) in [6, 6.07) is 5.46. The van der Waals surface area contributed by atoms with Crippen molar-refractivity contribution in [2.24, 2.45) is 11.8 Å². The maximum atomic E-state index is 13.1. The Kier molecular flexibility index (Phi) is 4.85. The highest BCUT2D eigenvalue weighted by Gasteiger charge is 2.26. The molecule has 0 saturated heterocycles. The molecule has 1 aliphatic heterocycles. The molecule has 0 amide bonds. The summed E-state index contributed by atoms with van der Waals surface area (Å²) < 4.78 is 15.2. The quantitative estimate of drug-likeness (QED) is 0.699. The van der Waals surface area contributed by atoms with Crippen LogP contribution in [0.15, 0.2) is 42.6 Å². The van der Waals surface area contributed by atoms with Crippen molar-refractivity contribution in [3.05, 3.63) is 59.8 Å². The summed E-state index contributed by atoms with van der Waals surface area (Å²) in [6.45, 7) is 9.61. The largest absolute Gasteiger partial charge is 0.362 e. The predicted molar refractivity (Wildman–Crippen MR) is 107 cm³/mol. The van der Waals surface area contributed by atoms with Gasteiger partial charge in [-0.3, -0.25) is 4.68 Å². The minimum atomic E-state index is -0.320. The third-order valence-corrected chi connectivity index (χ3v) is 5.44. The van der Waals surface area contributed by atoms with Gasteiger partial charge in [-0.05, 0) is 61.3 Å². The van der Waals surface area contributed by atoms with E-state index in [1.807, 2.05) is 0 Å². The topological polar surface area (TPSA) is 42.7 Å². The van der Waals surface area contributed by atoms with Crippen molar-refractivity contribution >= 4 is 11.4 Å². The number of nitrogens with zero attached hydrogens (tertiary/aromatic N) is 3. The molecule has 4 rings (SSSR count). The minimum absolute atomic E-state index is 0.137. The van der Waals surface area contributed by atoms with Crippen LogP contribution in [0.4, 0.5) is 10.2 Å². The average molecular weight is 366 g/mol. The Morgan fingerprint density at radius 1 is 1.33 bits per heavy atom. The van der Waals surface area contributed by atoms with Crippen molar-refractivity contribution in [3.8, 4) is 0 Å². The van der Waals surface area contributed by atoms with Crippen LogP contribution >= 0.6 is 0 Å². The second-order valence-corrected chi connectivity index (χ2v) is 7.98. The second-order valence-electron chi connectivity index (χ2n) is 7.98. The first-order valence-corrected chi connectivity index (χ1v) is 9.88. The molecule has 1 unspecified atom stereocenters. The van der Waals surface area contributed by atoms with Gasteiger partial charge in [0.1, 0.15) is 11.6 Å². The molecule has 0 aromatic carbocycles. The number of anilines is 1. The molecule has 0 radical (unpaired) electrons. The summed E-state index contributed by atoms with van der Waals surface area (Å²) in [6.07, 6.45) is 8.09. The van der Waals surface area contributed by atoms with E-state index in [2.05, 4.69) is 47.6 Å². The third-order valence-electron chi connectivity index (χ3n) is 5.44. The molecular formula is C22H27FN4. The van der Waals surface area contributed by atoms with E-state index >= 15 is 0 Å². The van der Waals surface area contributed by atoms with Gasteiger partial charge in [-0.2, -0.15) is 5.10 Å². The van der Waals surface area contributed by atoms with Crippen molar-refractivity contribution in [2.45, 2.75) is 52.1 Å². The number of fused-ring (bicyclic) bond motifs is 1. The van der Waals surface area contributed by atoms with Gasteiger partial charge in [-0.1, -0.05) is 32.1 Å². The van der Waals surface area contributed by atoms with E-state index < -0.39 is 0 Å². The molecule has 4 nitrogen and oxygen atoms in total. The fourth-order valence-corrected chi connectivity index (χ4v) is 3.72. The zero-order chi connectivity index (χ0) is 19.0. The molecule has 1 N–H and O–H groups in total. The molecule has 3 heterocycles. The molecular weight excluding hydrogens is 339 g/mol. The first kappa shape index (κ1) is 18.0. The Labute approximate surface area is 160 Å². The molecule has 142 valence electrons. The first-order chi connectivity index (χ1) is 13.0. The Morgan fingerprint density at radius 3 is 2.81 bits per heavy atom. The van der Waals surface area contributed by atoms with Crippen LogP contribution in [0.2, 0.25) is 0 Å². The van der Waals surface area contributed by atoms with Crippen LogP contribution in [0.1, 0.15) is 57.0 Å². The number of halogens is 1. The molecule has 2 aliphatic rings. The fraction of sp³-hybridized carbons (Fsp3) is 0.455. The van der Waals surface area contributed by atoms with Crippen molar-refractivity contribution in [2.75, 3.05) is 5.32 Å². The molecule has 1 saturated carbocycles. The van der Waals surface area contributed by atoms with Gasteiger partial charge in [0.2, 0.25) is 0 Å². The third kappa shape index (κ3) is 3.97. The highest BCUT2D eigenvalue weighted by Crippen LogP contribution is 2.39. The van der Waals surface area contributed by atoms with Gasteiger partial charge in [-0.25, -0.2) is 9.37 Å². The summed E-state index contributed by atoms with van der Waals surface area (Å²) in [4.78, 5) is 4.14. The Bertz CT molecular complexity index is 859. The molecule has 0 spiro atoms. The number of allylic oxidation sites excluding steroid dienone is 3. The standard InChI is InChI=1S/C22H27FN4/c1-14(2)18(11-15(3)16-6-7-16)20-12-21-19(5-4-10-27(21)26-20)25-22-9-8-17(23)13-24-22/h8-9,11-14,16,19H,3-7,10H2,1-2H3,(H,24,25)/b18-11+. The van der Waals surface area contributed by atoms with Gasteiger partial charge < -0.3 is 5.32 Å². The maximum absolute atomic E-state index is 13.1. The van der Waals surface area contributed by atoms with Crippen LogP contribution in [0.25, 0.3) is 5.57 Å². The number of hydrogen-bond donors (Lipinski definition) is 1. The smallest absolute Gasteiger partial charge is 0.141 e. The highest BCUT2D eigenvalue weighted by molar-refractivity contribution is 5.67. The number of hydrogen-bond acceptors (Lipinski definition) is 3. The zero-order valence-corrected chi connectivity index (χ0v) is 16.1. The van der Waals surface area contributed by atoms with E-state index in [9.17, 15) is 4.39 Å². The lowest BCUT2D eigenvalue weighted by Crippen LogP contribution is -2.22. The van der Waals surface area contributed by atoms with Crippen molar-refractivity contribution in [3.63, 3.8) is 0 Å². The van der Waals surface area contributed by atoms with E-state index in [0.29, 0.717) is 17.7 Å². The lowest BCUT2D eigenvalue weighted by atomic mass is 9.95. The molecule has 2 aromatic rings. The van der Waals surface area contributed by atoms with Crippen LogP contribution in [-0.2, 0) is 6.54 Å². The predicted octanol–water partition coefficient (Wildman–Crippen LogP) is 5.37. The van der Waals surface area contributed by atoms with E-state index in [1.165, 1.54) is 41.9 Å². The number of nitrogens with one attached hydrogen (secondary N) is 1. The zero-order valence-electron chi connectivity index (χ0n) is 16.1. The van der Waals surface area contributed by atoms with Gasteiger partial charge in [0, 0.05) is 6.54 Å². The average Bonchev–Trinajstić information content (AvgIpc) is 3.40. The van der Waals surface area contributed by atoms with E-state index in [1.54, 1.807) is 6.07 Å². The molecule has 1 aliphatic carbocycles. The van der Waals surface area contributed by atoms with Crippen LogP contribution in [-0.4, -0.2) is 14.8 Å². The number of aromatic nitrogens is 3. The van der Waals surface area contributed by atoms with Crippen molar-refractivity contribution in [1.82, 2.24) is 14.8 Å². The van der Waals surface area contributed by atoms with Gasteiger partial charge >= 0.3 is 0 Å². The molecule has 27 heavy (non-hydrogen) atoms. The minimum Gasteiger partial charge on any atom is -0.362 e. The summed E-state index contributed by atoms with van der Waals surface area (Å²) in [5.41, 5.74) is 4.70. The van der Waals surface area contributed by atoms with Gasteiger partial charge in [-0.15, -0.1) is 0 Å². The maximum Gasteiger partial charge on any atom is 0.141 e. The normalized spacial score (nSPS) is 19.9. The van der Waals surface area contributed by atoms with Crippen LogP contribution in [0.3, 0.4) is 0 Å². The second kappa shape index (κ2) is 7.29. The number of aryl methyl sites for hydroxylation is 1. The summed E-state index contributed by atoms with van der Waals surface area (Å²) >= 11 is 0. The number of rotatable bonds is 6. The monoisotopic (exact) mass is 366 g/mol. The van der Waals surface area contributed by atoms with Crippen LogP contribution < -0.4 is 5.32 Å². The van der Waals surface area contributed by atoms with Crippen molar-refractivity contribution in [1.29, 1.82) is 0 Å². The van der Waals surface area contributed by atoms with Gasteiger partial charge in [0.25, 0.3) is 0 Å². The fourth-order valence-electron chi connectivity index (χ4n) is 3.72. The van der Waals surface area contributed by atoms with E-state index in [-0.39, 0.29) is 11.9 Å². The van der Waals surface area contributed by atoms with Crippen molar-refractivity contribution < 1.29 is 4.39 Å². The molecule has 5 heteroatoms. The lowest BCUT2D eigenvalue weighted by Gasteiger charge is -2.24. The van der Waals surface area contributed by atoms with E-state index in [0.717, 1.165) is 25.1 Å². The number of pyridine rings is 1.